The molecule has 0 aliphatic heterocycles. The highest BCUT2D eigenvalue weighted by Gasteiger charge is 2.19. The van der Waals surface area contributed by atoms with Crippen LogP contribution in [0.15, 0.2) is 0 Å². The fraction of sp³-hybridized carbons (Fsp3) is 0.950. The standard InChI is InChI=1S/C60H116O6/c1-6-7-8-9-10-11-12-19-25-30-35-40-45-50-58(61)64-53-57(54-65-59(62)51-46-41-36-31-27-22-24-29-34-39-44-49-56(4)5)66-60(63)52-47-42-37-32-26-21-18-16-14-13-15-17-20-23-28-33-38-43-48-55(2)3/h55-57H,6-54H2,1-5H3/t57-/m1/s1. The zero-order chi connectivity index (χ0) is 48.2. The Labute approximate surface area is 412 Å². The van der Waals surface area contributed by atoms with Crippen molar-refractivity contribution in [2.45, 2.75) is 343 Å². The van der Waals surface area contributed by atoms with E-state index in [1.807, 2.05) is 0 Å². The molecule has 0 aromatic rings. The summed E-state index contributed by atoms with van der Waals surface area (Å²) in [5.74, 6) is 0.848. The minimum atomic E-state index is -0.762. The second-order valence-electron chi connectivity index (χ2n) is 21.6. The fourth-order valence-electron chi connectivity index (χ4n) is 9.23. The first-order valence-corrected chi connectivity index (χ1v) is 29.7. The van der Waals surface area contributed by atoms with E-state index in [4.69, 9.17) is 14.2 Å². The van der Waals surface area contributed by atoms with Crippen LogP contribution in [0.1, 0.15) is 336 Å². The van der Waals surface area contributed by atoms with Crippen LogP contribution in [-0.2, 0) is 28.6 Å². The van der Waals surface area contributed by atoms with Crippen molar-refractivity contribution in [2.75, 3.05) is 13.2 Å². The summed E-state index contributed by atoms with van der Waals surface area (Å²) in [6, 6.07) is 0. The van der Waals surface area contributed by atoms with Gasteiger partial charge in [0, 0.05) is 19.3 Å². The molecule has 0 unspecified atom stereocenters. The van der Waals surface area contributed by atoms with Gasteiger partial charge in [-0.15, -0.1) is 0 Å². The Hall–Kier alpha value is -1.59. The van der Waals surface area contributed by atoms with Crippen LogP contribution < -0.4 is 0 Å². The zero-order valence-corrected chi connectivity index (χ0v) is 45.3. The lowest BCUT2D eigenvalue weighted by Gasteiger charge is -2.18. The van der Waals surface area contributed by atoms with E-state index in [1.165, 1.54) is 225 Å². The fourth-order valence-corrected chi connectivity index (χ4v) is 9.23. The first-order chi connectivity index (χ1) is 32.2. The van der Waals surface area contributed by atoms with Gasteiger partial charge in [0.1, 0.15) is 13.2 Å². The van der Waals surface area contributed by atoms with Crippen LogP contribution in [0.2, 0.25) is 0 Å². The second kappa shape index (κ2) is 52.8. The third-order valence-corrected chi connectivity index (χ3v) is 13.7. The van der Waals surface area contributed by atoms with Crippen LogP contribution in [0, 0.1) is 11.8 Å². The predicted molar refractivity (Wildman–Crippen MR) is 284 cm³/mol. The van der Waals surface area contributed by atoms with Gasteiger partial charge in [-0.2, -0.15) is 0 Å². The number of hydrogen-bond donors (Lipinski definition) is 0. The van der Waals surface area contributed by atoms with Gasteiger partial charge >= 0.3 is 17.9 Å². The molecule has 0 amide bonds. The summed E-state index contributed by atoms with van der Waals surface area (Å²) in [6.07, 6.45) is 56.7. The topological polar surface area (TPSA) is 78.9 Å². The van der Waals surface area contributed by atoms with Gasteiger partial charge in [-0.3, -0.25) is 14.4 Å². The highest BCUT2D eigenvalue weighted by atomic mass is 16.6. The van der Waals surface area contributed by atoms with Crippen molar-refractivity contribution in [3.8, 4) is 0 Å². The maximum absolute atomic E-state index is 12.9. The molecule has 6 heteroatoms. The molecule has 0 aliphatic carbocycles. The number of ether oxygens (including phenoxy) is 3. The first-order valence-electron chi connectivity index (χ1n) is 29.7. The lowest BCUT2D eigenvalue weighted by Crippen LogP contribution is -2.30. The normalized spacial score (nSPS) is 12.0. The quantitative estimate of drug-likeness (QED) is 0.0343. The Morgan fingerprint density at radius 1 is 0.288 bits per heavy atom. The van der Waals surface area contributed by atoms with Crippen LogP contribution in [-0.4, -0.2) is 37.2 Å². The van der Waals surface area contributed by atoms with Crippen LogP contribution in [0.5, 0.6) is 0 Å². The highest BCUT2D eigenvalue weighted by Crippen LogP contribution is 2.18. The molecule has 392 valence electrons. The minimum absolute atomic E-state index is 0.0625. The molecule has 1 atom stereocenters. The number of rotatable bonds is 54. The molecule has 0 fully saturated rings. The van der Waals surface area contributed by atoms with E-state index in [1.54, 1.807) is 0 Å². The van der Waals surface area contributed by atoms with Crippen molar-refractivity contribution in [1.29, 1.82) is 0 Å². The van der Waals surface area contributed by atoms with Crippen LogP contribution in [0.3, 0.4) is 0 Å². The van der Waals surface area contributed by atoms with E-state index in [-0.39, 0.29) is 31.1 Å². The Kier molecular flexibility index (Phi) is 51.5. The Bertz CT molecular complexity index is 1010. The van der Waals surface area contributed by atoms with Crippen LogP contribution >= 0.6 is 0 Å². The molecule has 0 saturated carbocycles. The van der Waals surface area contributed by atoms with E-state index in [0.717, 1.165) is 69.6 Å². The van der Waals surface area contributed by atoms with E-state index in [2.05, 4.69) is 34.6 Å². The van der Waals surface area contributed by atoms with Gasteiger partial charge in [-0.05, 0) is 31.1 Å². The molecule has 0 aromatic heterocycles. The van der Waals surface area contributed by atoms with E-state index in [9.17, 15) is 14.4 Å². The Morgan fingerprint density at radius 3 is 0.742 bits per heavy atom. The maximum Gasteiger partial charge on any atom is 0.306 e. The maximum atomic E-state index is 12.9. The van der Waals surface area contributed by atoms with Gasteiger partial charge in [0.15, 0.2) is 6.10 Å². The van der Waals surface area contributed by atoms with Crippen molar-refractivity contribution in [2.24, 2.45) is 11.8 Å². The van der Waals surface area contributed by atoms with E-state index < -0.39 is 6.10 Å². The number of carbonyl (C=O) groups is 3. The molecule has 0 aliphatic rings. The minimum Gasteiger partial charge on any atom is -0.462 e. The third-order valence-electron chi connectivity index (χ3n) is 13.7. The summed E-state index contributed by atoms with van der Waals surface area (Å²) in [4.78, 5) is 38.1. The molecule has 0 radical (unpaired) electrons. The SMILES string of the molecule is CCCCCCCCCCCCCCCC(=O)OC[C@H](COC(=O)CCCCCCCCCCCCCC(C)C)OC(=O)CCCCCCCCCCCCCCCCCCCCC(C)C. The molecule has 66 heavy (non-hydrogen) atoms. The monoisotopic (exact) mass is 933 g/mol. The smallest absolute Gasteiger partial charge is 0.306 e. The summed E-state index contributed by atoms with van der Waals surface area (Å²) in [6.45, 7) is 11.4. The zero-order valence-electron chi connectivity index (χ0n) is 45.3. The average Bonchev–Trinajstić information content (AvgIpc) is 3.29. The Balaban J connectivity index is 4.26. The molecule has 0 rings (SSSR count). The van der Waals surface area contributed by atoms with E-state index in [0.29, 0.717) is 19.3 Å². The van der Waals surface area contributed by atoms with Gasteiger partial charge < -0.3 is 14.2 Å². The van der Waals surface area contributed by atoms with Gasteiger partial charge in [0.25, 0.3) is 0 Å². The molecule has 6 nitrogen and oxygen atoms in total. The average molecular weight is 934 g/mol. The second-order valence-corrected chi connectivity index (χ2v) is 21.6. The molecular formula is C60H116O6. The van der Waals surface area contributed by atoms with Gasteiger partial charge in [-0.25, -0.2) is 0 Å². The van der Waals surface area contributed by atoms with Crippen molar-refractivity contribution in [1.82, 2.24) is 0 Å². The van der Waals surface area contributed by atoms with Gasteiger partial charge in [0.2, 0.25) is 0 Å². The summed E-state index contributed by atoms with van der Waals surface area (Å²) >= 11 is 0. The van der Waals surface area contributed by atoms with Crippen LogP contribution in [0.4, 0.5) is 0 Å². The Morgan fingerprint density at radius 2 is 0.500 bits per heavy atom. The highest BCUT2D eigenvalue weighted by molar-refractivity contribution is 5.71. The number of esters is 3. The molecule has 0 aromatic carbocycles. The summed E-state index contributed by atoms with van der Waals surface area (Å²) in [5.41, 5.74) is 0. The van der Waals surface area contributed by atoms with Crippen molar-refractivity contribution < 1.29 is 28.6 Å². The van der Waals surface area contributed by atoms with Crippen molar-refractivity contribution in [3.05, 3.63) is 0 Å². The molecule has 0 heterocycles. The van der Waals surface area contributed by atoms with Crippen molar-refractivity contribution >= 4 is 17.9 Å². The van der Waals surface area contributed by atoms with Crippen LogP contribution in [0.25, 0.3) is 0 Å². The molecule has 0 N–H and O–H groups in total. The molecular weight excluding hydrogens is 817 g/mol. The molecule has 0 saturated heterocycles. The summed E-state index contributed by atoms with van der Waals surface area (Å²) in [5, 5.41) is 0. The molecule has 0 bridgehead atoms. The first kappa shape index (κ1) is 64.4. The van der Waals surface area contributed by atoms with Gasteiger partial charge in [-0.1, -0.05) is 298 Å². The lowest BCUT2D eigenvalue weighted by atomic mass is 10.0. The number of carbonyl (C=O) groups excluding carboxylic acids is 3. The summed E-state index contributed by atoms with van der Waals surface area (Å²) < 4.78 is 16.9. The largest absolute Gasteiger partial charge is 0.462 e. The predicted octanol–water partition coefficient (Wildman–Crippen LogP) is 19.7. The summed E-state index contributed by atoms with van der Waals surface area (Å²) in [7, 11) is 0. The third kappa shape index (κ3) is 53.4. The van der Waals surface area contributed by atoms with E-state index >= 15 is 0 Å². The number of unbranched alkanes of at least 4 members (excludes halogenated alkanes) is 39. The lowest BCUT2D eigenvalue weighted by molar-refractivity contribution is -0.167. The molecule has 0 spiro atoms. The van der Waals surface area contributed by atoms with Crippen molar-refractivity contribution in [3.63, 3.8) is 0 Å². The van der Waals surface area contributed by atoms with Gasteiger partial charge in [0.05, 0.1) is 0 Å². The number of hydrogen-bond acceptors (Lipinski definition) is 6.